The molecule has 0 bridgehead atoms. The molecule has 108 valence electrons. The largest absolute Gasteiger partial charge is 0.339 e. The third-order valence-electron chi connectivity index (χ3n) is 2.88. The first kappa shape index (κ1) is 13.7. The van der Waals surface area contributed by atoms with Crippen LogP contribution in [-0.2, 0) is 0 Å². The van der Waals surface area contributed by atoms with Crippen molar-refractivity contribution in [2.75, 3.05) is 10.6 Å². The van der Waals surface area contributed by atoms with Crippen molar-refractivity contribution in [2.45, 2.75) is 0 Å². The van der Waals surface area contributed by atoms with Crippen molar-refractivity contribution in [1.82, 2.24) is 15.2 Å². The number of para-hydroxylation sites is 1. The molecule has 6 heteroatoms. The molecule has 0 atom stereocenters. The Morgan fingerprint density at radius 3 is 2.32 bits per heavy atom. The molecule has 6 nitrogen and oxygen atoms in total. The summed E-state index contributed by atoms with van der Waals surface area (Å²) in [5.41, 5.74) is 1.39. The molecule has 0 spiro atoms. The molecule has 1 aromatic carbocycles. The molecule has 0 radical (unpaired) electrons. The first-order chi connectivity index (χ1) is 10.8. The summed E-state index contributed by atoms with van der Waals surface area (Å²) in [6.45, 7) is 0. The van der Waals surface area contributed by atoms with Crippen LogP contribution in [0.1, 0.15) is 10.4 Å². The molecule has 22 heavy (non-hydrogen) atoms. The molecule has 0 saturated heterocycles. The van der Waals surface area contributed by atoms with Crippen LogP contribution in [0.5, 0.6) is 0 Å². The topological polar surface area (TPSA) is 79.8 Å². The van der Waals surface area contributed by atoms with Crippen LogP contribution < -0.4 is 10.6 Å². The van der Waals surface area contributed by atoms with E-state index < -0.39 is 0 Å². The van der Waals surface area contributed by atoms with E-state index in [0.29, 0.717) is 17.2 Å². The summed E-state index contributed by atoms with van der Waals surface area (Å²) < 4.78 is 0. The predicted molar refractivity (Wildman–Crippen MR) is 83.9 cm³/mol. The summed E-state index contributed by atoms with van der Waals surface area (Å²) in [6.07, 6.45) is 3.11. The van der Waals surface area contributed by atoms with Gasteiger partial charge in [-0.15, -0.1) is 10.2 Å². The van der Waals surface area contributed by atoms with E-state index >= 15 is 0 Å². The maximum absolute atomic E-state index is 12.0. The average molecular weight is 291 g/mol. The number of pyridine rings is 1. The molecular formula is C16H13N5O. The normalized spacial score (nSPS) is 10.0. The fourth-order valence-electron chi connectivity index (χ4n) is 1.82. The number of benzene rings is 1. The van der Waals surface area contributed by atoms with Crippen LogP contribution in [0.4, 0.5) is 17.3 Å². The number of rotatable bonds is 4. The number of nitrogens with zero attached hydrogens (tertiary/aromatic N) is 3. The van der Waals surface area contributed by atoms with Gasteiger partial charge in [0.05, 0.1) is 5.56 Å². The van der Waals surface area contributed by atoms with Gasteiger partial charge in [0, 0.05) is 18.1 Å². The van der Waals surface area contributed by atoms with E-state index in [2.05, 4.69) is 25.8 Å². The number of nitrogens with one attached hydrogen (secondary N) is 2. The lowest BCUT2D eigenvalue weighted by molar-refractivity contribution is 0.102. The third-order valence-corrected chi connectivity index (χ3v) is 2.88. The van der Waals surface area contributed by atoms with E-state index in [1.165, 1.54) is 6.20 Å². The Morgan fingerprint density at radius 1 is 0.864 bits per heavy atom. The van der Waals surface area contributed by atoms with E-state index in [4.69, 9.17) is 0 Å². The SMILES string of the molecule is O=C(Nc1ccc(Nc2ccccc2)nn1)c1cccnc1. The Hall–Kier alpha value is -3.28. The Bertz CT molecular complexity index is 745. The molecule has 0 fully saturated rings. The van der Waals surface area contributed by atoms with Crippen LogP contribution in [-0.4, -0.2) is 21.1 Å². The van der Waals surface area contributed by atoms with Crippen LogP contribution in [0.2, 0.25) is 0 Å². The van der Waals surface area contributed by atoms with Crippen molar-refractivity contribution in [3.8, 4) is 0 Å². The van der Waals surface area contributed by atoms with Gasteiger partial charge >= 0.3 is 0 Å². The number of hydrogen-bond donors (Lipinski definition) is 2. The monoisotopic (exact) mass is 291 g/mol. The van der Waals surface area contributed by atoms with E-state index in [0.717, 1.165) is 5.69 Å². The summed E-state index contributed by atoms with van der Waals surface area (Å²) in [5.74, 6) is 0.712. The fourth-order valence-corrected chi connectivity index (χ4v) is 1.82. The van der Waals surface area contributed by atoms with Crippen LogP contribution >= 0.6 is 0 Å². The van der Waals surface area contributed by atoms with Gasteiger partial charge in [0.1, 0.15) is 0 Å². The summed E-state index contributed by atoms with van der Waals surface area (Å²) in [7, 11) is 0. The van der Waals surface area contributed by atoms with E-state index in [1.807, 2.05) is 30.3 Å². The second kappa shape index (κ2) is 6.45. The molecule has 2 N–H and O–H groups in total. The van der Waals surface area contributed by atoms with Crippen molar-refractivity contribution in [3.63, 3.8) is 0 Å². The molecule has 0 saturated carbocycles. The maximum atomic E-state index is 12.0. The summed E-state index contributed by atoms with van der Waals surface area (Å²) in [4.78, 5) is 15.9. The van der Waals surface area contributed by atoms with E-state index in [1.54, 1.807) is 30.5 Å². The molecule has 0 aliphatic carbocycles. The minimum atomic E-state index is -0.272. The number of anilines is 3. The number of carbonyl (C=O) groups is 1. The molecular weight excluding hydrogens is 278 g/mol. The Labute approximate surface area is 127 Å². The predicted octanol–water partition coefficient (Wildman–Crippen LogP) is 2.87. The molecule has 0 aliphatic rings. The molecule has 2 aromatic heterocycles. The second-order valence-corrected chi connectivity index (χ2v) is 4.49. The van der Waals surface area contributed by atoms with Gasteiger partial charge in [-0.3, -0.25) is 9.78 Å². The van der Waals surface area contributed by atoms with Crippen molar-refractivity contribution in [2.24, 2.45) is 0 Å². The minimum absolute atomic E-state index is 0.272. The van der Waals surface area contributed by atoms with Gasteiger partial charge in [-0.25, -0.2) is 0 Å². The van der Waals surface area contributed by atoms with Crippen molar-refractivity contribution in [3.05, 3.63) is 72.6 Å². The van der Waals surface area contributed by atoms with Crippen molar-refractivity contribution in [1.29, 1.82) is 0 Å². The summed E-state index contributed by atoms with van der Waals surface area (Å²) >= 11 is 0. The van der Waals surface area contributed by atoms with E-state index in [-0.39, 0.29) is 5.91 Å². The van der Waals surface area contributed by atoms with Gasteiger partial charge in [0.2, 0.25) is 0 Å². The van der Waals surface area contributed by atoms with E-state index in [9.17, 15) is 4.79 Å². The first-order valence-corrected chi connectivity index (χ1v) is 6.68. The smallest absolute Gasteiger partial charge is 0.258 e. The van der Waals surface area contributed by atoms with Crippen molar-refractivity contribution < 1.29 is 4.79 Å². The summed E-state index contributed by atoms with van der Waals surface area (Å²) in [5, 5.41) is 13.8. The average Bonchev–Trinajstić information content (AvgIpc) is 2.58. The van der Waals surface area contributed by atoms with Gasteiger partial charge < -0.3 is 10.6 Å². The maximum Gasteiger partial charge on any atom is 0.258 e. The van der Waals surface area contributed by atoms with Gasteiger partial charge in [-0.05, 0) is 36.4 Å². The van der Waals surface area contributed by atoms with Crippen LogP contribution in [0.15, 0.2) is 67.0 Å². The lowest BCUT2D eigenvalue weighted by atomic mass is 10.3. The zero-order chi connectivity index (χ0) is 15.2. The zero-order valence-corrected chi connectivity index (χ0v) is 11.6. The minimum Gasteiger partial charge on any atom is -0.339 e. The molecule has 3 rings (SSSR count). The molecule has 1 amide bonds. The quantitative estimate of drug-likeness (QED) is 0.772. The fraction of sp³-hybridized carbons (Fsp3) is 0. The van der Waals surface area contributed by atoms with Crippen LogP contribution in [0.25, 0.3) is 0 Å². The number of amides is 1. The standard InChI is InChI=1S/C16H13N5O/c22-16(12-5-4-10-17-11-12)19-15-9-8-14(20-21-15)18-13-6-2-1-3-7-13/h1-11H,(H,18,20)(H,19,21,22). The van der Waals surface area contributed by atoms with Gasteiger partial charge in [0.25, 0.3) is 5.91 Å². The lowest BCUT2D eigenvalue weighted by Gasteiger charge is -2.06. The van der Waals surface area contributed by atoms with Crippen LogP contribution in [0.3, 0.4) is 0 Å². The van der Waals surface area contributed by atoms with Gasteiger partial charge in [0.15, 0.2) is 11.6 Å². The zero-order valence-electron chi connectivity index (χ0n) is 11.6. The molecule has 0 aliphatic heterocycles. The Morgan fingerprint density at radius 2 is 1.64 bits per heavy atom. The highest BCUT2D eigenvalue weighted by Crippen LogP contribution is 2.14. The van der Waals surface area contributed by atoms with Gasteiger partial charge in [-0.2, -0.15) is 0 Å². The molecule has 2 heterocycles. The third kappa shape index (κ3) is 3.43. The number of hydrogen-bond acceptors (Lipinski definition) is 5. The second-order valence-electron chi connectivity index (χ2n) is 4.49. The summed E-state index contributed by atoms with van der Waals surface area (Å²) in [6, 6.07) is 16.5. The van der Waals surface area contributed by atoms with Crippen LogP contribution in [0, 0.1) is 0 Å². The molecule has 0 unspecified atom stereocenters. The first-order valence-electron chi connectivity index (χ1n) is 6.68. The Kier molecular flexibility index (Phi) is 4.01. The highest BCUT2D eigenvalue weighted by atomic mass is 16.1. The number of aromatic nitrogens is 3. The lowest BCUT2D eigenvalue weighted by Crippen LogP contribution is -2.13. The highest BCUT2D eigenvalue weighted by Gasteiger charge is 2.07. The van der Waals surface area contributed by atoms with Crippen molar-refractivity contribution >= 4 is 23.2 Å². The Balaban J connectivity index is 1.66. The number of carbonyl (C=O) groups excluding carboxylic acids is 1. The molecule has 3 aromatic rings. The highest BCUT2D eigenvalue weighted by molar-refractivity contribution is 6.03. The van der Waals surface area contributed by atoms with Gasteiger partial charge in [-0.1, -0.05) is 18.2 Å².